The molecule has 2 rings (SSSR count). The smallest absolute Gasteiger partial charge is 0.317 e. The summed E-state index contributed by atoms with van der Waals surface area (Å²) in [4.78, 5) is 17.5. The van der Waals surface area contributed by atoms with Crippen molar-refractivity contribution >= 4 is 11.7 Å². The Balaban J connectivity index is 2.15. The zero-order chi connectivity index (χ0) is 16.8. The topological polar surface area (TPSA) is 59.0 Å². The number of anilines is 1. The number of hydrogen-bond acceptors (Lipinski definition) is 5. The summed E-state index contributed by atoms with van der Waals surface area (Å²) >= 11 is 0. The molecule has 0 aliphatic carbocycles. The van der Waals surface area contributed by atoms with Crippen molar-refractivity contribution in [1.29, 1.82) is 0 Å². The molecule has 0 bridgehead atoms. The van der Waals surface area contributed by atoms with Crippen molar-refractivity contribution in [3.05, 3.63) is 29.8 Å². The molecule has 6 heteroatoms. The van der Waals surface area contributed by atoms with Crippen LogP contribution in [0, 0.1) is 0 Å². The molecule has 0 aromatic heterocycles. The number of benzene rings is 1. The molecule has 1 aliphatic rings. The summed E-state index contributed by atoms with van der Waals surface area (Å²) in [5, 5.41) is 12.5. The lowest BCUT2D eigenvalue weighted by atomic mass is 10.0. The molecule has 2 N–H and O–H groups in total. The molecule has 1 aromatic carbocycles. The fourth-order valence-corrected chi connectivity index (χ4v) is 2.96. The Labute approximate surface area is 138 Å². The fourth-order valence-electron chi connectivity index (χ4n) is 2.96. The van der Waals surface area contributed by atoms with E-state index in [2.05, 4.69) is 39.4 Å². The van der Waals surface area contributed by atoms with E-state index < -0.39 is 5.97 Å². The molecule has 128 valence electrons. The molecule has 1 aliphatic heterocycles. The van der Waals surface area contributed by atoms with Gasteiger partial charge in [0.05, 0.1) is 6.54 Å². The van der Waals surface area contributed by atoms with E-state index >= 15 is 0 Å². The van der Waals surface area contributed by atoms with Crippen LogP contribution in [0.2, 0.25) is 0 Å². The number of carbonyl (C=O) groups is 1. The number of carboxylic acids is 1. The Morgan fingerprint density at radius 2 is 1.83 bits per heavy atom. The summed E-state index contributed by atoms with van der Waals surface area (Å²) in [6.07, 6.45) is 0. The largest absolute Gasteiger partial charge is 0.480 e. The Morgan fingerprint density at radius 3 is 2.35 bits per heavy atom. The van der Waals surface area contributed by atoms with Crippen LogP contribution in [0.4, 0.5) is 5.69 Å². The second-order valence-corrected chi connectivity index (χ2v) is 6.36. The van der Waals surface area contributed by atoms with Crippen LogP contribution >= 0.6 is 0 Å². The standard InChI is InChI=1S/C17H28N4O2/c1-19(2)15-6-4-14(5-7-15)16(20(3)13-17(22)23)12-21-10-8-18-9-11-21/h4-7,16,18H,8-13H2,1-3H3,(H,22,23). The lowest BCUT2D eigenvalue weighted by molar-refractivity contribution is -0.138. The molecule has 0 spiro atoms. The van der Waals surface area contributed by atoms with Gasteiger partial charge in [-0.2, -0.15) is 0 Å². The second kappa shape index (κ2) is 8.29. The Morgan fingerprint density at radius 1 is 1.22 bits per heavy atom. The van der Waals surface area contributed by atoms with Gasteiger partial charge in [-0.05, 0) is 24.7 Å². The van der Waals surface area contributed by atoms with Crippen LogP contribution in [-0.4, -0.2) is 81.3 Å². The number of piperazine rings is 1. The third kappa shape index (κ3) is 5.20. The maximum absolute atomic E-state index is 11.1. The number of likely N-dealkylation sites (N-methyl/N-ethyl adjacent to an activating group) is 1. The van der Waals surface area contributed by atoms with Crippen LogP contribution < -0.4 is 10.2 Å². The summed E-state index contributed by atoms with van der Waals surface area (Å²) in [6.45, 7) is 4.91. The van der Waals surface area contributed by atoms with Crippen molar-refractivity contribution in [1.82, 2.24) is 15.1 Å². The van der Waals surface area contributed by atoms with Crippen molar-refractivity contribution in [2.75, 3.05) is 65.3 Å². The Bertz CT molecular complexity index is 498. The third-order valence-corrected chi connectivity index (χ3v) is 4.35. The number of carboxylic acid groups (broad SMARTS) is 1. The van der Waals surface area contributed by atoms with Gasteiger partial charge in [-0.1, -0.05) is 12.1 Å². The van der Waals surface area contributed by atoms with Crippen molar-refractivity contribution in [2.45, 2.75) is 6.04 Å². The average Bonchev–Trinajstić information content (AvgIpc) is 2.53. The Kier molecular flexibility index (Phi) is 6.38. The third-order valence-electron chi connectivity index (χ3n) is 4.35. The highest BCUT2D eigenvalue weighted by molar-refractivity contribution is 5.69. The Hall–Kier alpha value is -1.63. The molecular formula is C17H28N4O2. The summed E-state index contributed by atoms with van der Waals surface area (Å²) < 4.78 is 0. The molecule has 0 radical (unpaired) electrons. The predicted molar refractivity (Wildman–Crippen MR) is 93.1 cm³/mol. The first-order valence-corrected chi connectivity index (χ1v) is 8.10. The van der Waals surface area contributed by atoms with E-state index in [4.69, 9.17) is 5.11 Å². The quantitative estimate of drug-likeness (QED) is 0.772. The number of nitrogens with zero attached hydrogens (tertiary/aromatic N) is 3. The van der Waals surface area contributed by atoms with Gasteiger partial charge in [-0.3, -0.25) is 14.6 Å². The van der Waals surface area contributed by atoms with E-state index in [9.17, 15) is 4.79 Å². The normalized spacial score (nSPS) is 17.2. The summed E-state index contributed by atoms with van der Waals surface area (Å²) in [6, 6.07) is 8.49. The van der Waals surface area contributed by atoms with Crippen LogP contribution in [0.15, 0.2) is 24.3 Å². The summed E-state index contributed by atoms with van der Waals surface area (Å²) in [5.41, 5.74) is 2.31. The highest BCUT2D eigenvalue weighted by Crippen LogP contribution is 2.23. The first-order chi connectivity index (χ1) is 11.0. The lowest BCUT2D eigenvalue weighted by Crippen LogP contribution is -2.47. The molecule has 6 nitrogen and oxygen atoms in total. The molecule has 0 saturated carbocycles. The average molecular weight is 320 g/mol. The SMILES string of the molecule is CN(C)c1ccc(C(CN2CCNCC2)N(C)CC(=O)O)cc1. The zero-order valence-corrected chi connectivity index (χ0v) is 14.3. The van der Waals surface area contributed by atoms with Gasteiger partial charge in [0.1, 0.15) is 0 Å². The number of rotatable bonds is 7. The van der Waals surface area contributed by atoms with Gasteiger partial charge in [0.2, 0.25) is 0 Å². The van der Waals surface area contributed by atoms with E-state index in [0.29, 0.717) is 0 Å². The van der Waals surface area contributed by atoms with Crippen LogP contribution in [0.25, 0.3) is 0 Å². The minimum Gasteiger partial charge on any atom is -0.480 e. The molecule has 23 heavy (non-hydrogen) atoms. The second-order valence-electron chi connectivity index (χ2n) is 6.36. The maximum atomic E-state index is 11.1. The zero-order valence-electron chi connectivity index (χ0n) is 14.3. The molecule has 1 unspecified atom stereocenters. The minimum absolute atomic E-state index is 0.0478. The number of nitrogens with one attached hydrogen (secondary N) is 1. The first-order valence-electron chi connectivity index (χ1n) is 8.10. The molecule has 1 aromatic rings. The van der Waals surface area contributed by atoms with Crippen LogP contribution in [0.3, 0.4) is 0 Å². The van der Waals surface area contributed by atoms with Gasteiger partial charge in [0.25, 0.3) is 0 Å². The number of aliphatic carboxylic acids is 1. The van der Waals surface area contributed by atoms with Crippen molar-refractivity contribution in [2.24, 2.45) is 0 Å². The molecule has 1 fully saturated rings. The van der Waals surface area contributed by atoms with Crippen LogP contribution in [-0.2, 0) is 4.79 Å². The highest BCUT2D eigenvalue weighted by Gasteiger charge is 2.23. The van der Waals surface area contributed by atoms with Gasteiger partial charge in [0.15, 0.2) is 0 Å². The van der Waals surface area contributed by atoms with E-state index in [1.165, 1.54) is 0 Å². The monoisotopic (exact) mass is 320 g/mol. The van der Waals surface area contributed by atoms with Gasteiger partial charge < -0.3 is 15.3 Å². The van der Waals surface area contributed by atoms with Gasteiger partial charge in [-0.25, -0.2) is 0 Å². The van der Waals surface area contributed by atoms with Crippen molar-refractivity contribution in [3.8, 4) is 0 Å². The van der Waals surface area contributed by atoms with Gasteiger partial charge >= 0.3 is 5.97 Å². The summed E-state index contributed by atoms with van der Waals surface area (Å²) in [7, 11) is 5.92. The lowest BCUT2D eigenvalue weighted by Gasteiger charge is -2.35. The van der Waals surface area contributed by atoms with Gasteiger partial charge in [-0.15, -0.1) is 0 Å². The fraction of sp³-hybridized carbons (Fsp3) is 0.588. The molecular weight excluding hydrogens is 292 g/mol. The van der Waals surface area contributed by atoms with E-state index in [1.54, 1.807) is 0 Å². The highest BCUT2D eigenvalue weighted by atomic mass is 16.4. The van der Waals surface area contributed by atoms with E-state index in [-0.39, 0.29) is 12.6 Å². The summed E-state index contributed by atoms with van der Waals surface area (Å²) in [5.74, 6) is -0.789. The van der Waals surface area contributed by atoms with Crippen molar-refractivity contribution < 1.29 is 9.90 Å². The van der Waals surface area contributed by atoms with Crippen LogP contribution in [0.1, 0.15) is 11.6 Å². The molecule has 1 atom stereocenters. The predicted octanol–water partition coefficient (Wildman–Crippen LogP) is 0.715. The maximum Gasteiger partial charge on any atom is 0.317 e. The molecule has 1 saturated heterocycles. The molecule has 0 amide bonds. The van der Waals surface area contributed by atoms with Crippen LogP contribution in [0.5, 0.6) is 0 Å². The first kappa shape index (κ1) is 17.7. The van der Waals surface area contributed by atoms with Gasteiger partial charge in [0, 0.05) is 58.5 Å². The number of hydrogen-bond donors (Lipinski definition) is 2. The molecule has 1 heterocycles. The van der Waals surface area contributed by atoms with Crippen molar-refractivity contribution in [3.63, 3.8) is 0 Å². The van der Waals surface area contributed by atoms with E-state index in [0.717, 1.165) is 44.0 Å². The minimum atomic E-state index is -0.789. The van der Waals surface area contributed by atoms with E-state index in [1.807, 2.05) is 26.0 Å².